The van der Waals surface area contributed by atoms with E-state index in [0.717, 1.165) is 4.90 Å². The largest absolute Gasteiger partial charge is 0.477 e. The second kappa shape index (κ2) is 6.28. The van der Waals surface area contributed by atoms with Crippen LogP contribution in [0.5, 0.6) is 0 Å². The number of aliphatic carboxylic acids is 1. The summed E-state index contributed by atoms with van der Waals surface area (Å²) in [7, 11) is -6.52. The molecule has 0 spiro atoms. The maximum atomic E-state index is 12.1. The highest BCUT2D eigenvalue weighted by molar-refractivity contribution is 7.89. The Morgan fingerprint density at radius 3 is 2.61 bits per heavy atom. The molecule has 0 aliphatic carbocycles. The van der Waals surface area contributed by atoms with Crippen LogP contribution in [-0.4, -0.2) is 68.7 Å². The molecule has 23 heavy (non-hydrogen) atoms. The van der Waals surface area contributed by atoms with E-state index < -0.39 is 63.4 Å². The van der Waals surface area contributed by atoms with Crippen molar-refractivity contribution in [2.45, 2.75) is 25.5 Å². The van der Waals surface area contributed by atoms with Crippen LogP contribution in [0, 0.1) is 5.92 Å². The van der Waals surface area contributed by atoms with Gasteiger partial charge >= 0.3 is 16.4 Å². The van der Waals surface area contributed by atoms with E-state index >= 15 is 0 Å². The molecule has 2 aliphatic rings. The molecule has 1 amide bonds. The molecule has 130 valence electrons. The van der Waals surface area contributed by atoms with Crippen molar-refractivity contribution >= 4 is 33.1 Å². The number of carboxylic acids is 1. The van der Waals surface area contributed by atoms with Crippen LogP contribution in [0.15, 0.2) is 10.6 Å². The number of β-lactam (4-membered cyclic amide) rings is 1. The van der Waals surface area contributed by atoms with Gasteiger partial charge in [0, 0.05) is 11.3 Å². The smallest absolute Gasteiger partial charge is 0.397 e. The monoisotopic (exact) mass is 369 g/mol. The third-order valence-electron chi connectivity index (χ3n) is 3.70. The maximum absolute atomic E-state index is 12.1. The molecule has 0 aromatic rings. The molecule has 10 nitrogen and oxygen atoms in total. The fourth-order valence-electron chi connectivity index (χ4n) is 2.88. The molecule has 4 unspecified atom stereocenters. The number of fused-ring (bicyclic) bond motifs is 1. The number of hydrogen-bond donors (Lipinski definition) is 3. The van der Waals surface area contributed by atoms with Crippen LogP contribution in [0.3, 0.4) is 0 Å². The fourth-order valence-corrected chi connectivity index (χ4v) is 4.55. The van der Waals surface area contributed by atoms with Crippen LogP contribution in [0.4, 0.5) is 0 Å². The van der Waals surface area contributed by atoms with Crippen molar-refractivity contribution in [3.63, 3.8) is 0 Å². The quantitative estimate of drug-likeness (QED) is 0.357. The summed E-state index contributed by atoms with van der Waals surface area (Å²) < 4.78 is 46.5. The summed E-state index contributed by atoms with van der Waals surface area (Å²) in [4.78, 5) is 24.4. The minimum Gasteiger partial charge on any atom is -0.477 e. The van der Waals surface area contributed by atoms with Crippen LogP contribution in [-0.2, 0) is 35.0 Å². The Balaban J connectivity index is 2.26. The van der Waals surface area contributed by atoms with E-state index in [4.69, 9.17) is 9.66 Å². The van der Waals surface area contributed by atoms with E-state index in [0.29, 0.717) is 0 Å². The maximum Gasteiger partial charge on any atom is 0.397 e. The minimum absolute atomic E-state index is 0.0199. The van der Waals surface area contributed by atoms with Gasteiger partial charge in [-0.3, -0.25) is 13.6 Å². The van der Waals surface area contributed by atoms with E-state index in [1.807, 2.05) is 0 Å². The predicted molar refractivity (Wildman–Crippen MR) is 75.6 cm³/mol. The number of rotatable bonds is 7. The van der Waals surface area contributed by atoms with Crippen LogP contribution >= 0.6 is 0 Å². The lowest BCUT2D eigenvalue weighted by molar-refractivity contribution is -0.160. The number of aliphatic hydroxyl groups is 1. The van der Waals surface area contributed by atoms with Gasteiger partial charge in [-0.05, 0) is 6.92 Å². The molecule has 0 bridgehead atoms. The summed E-state index contributed by atoms with van der Waals surface area (Å²) >= 11 is 0. The van der Waals surface area contributed by atoms with E-state index in [2.05, 4.69) is 4.18 Å². The molecule has 1 saturated heterocycles. The SMILES string of the molecule is CC(OS(=O)(=O)O)C1C(=O)N2C(C(=O)O)=C(S(=O)CCO)CC12. The van der Waals surface area contributed by atoms with Gasteiger partial charge in [0.25, 0.3) is 0 Å². The van der Waals surface area contributed by atoms with Crippen LogP contribution in [0.25, 0.3) is 0 Å². The Kier molecular flexibility index (Phi) is 4.92. The Bertz CT molecular complexity index is 698. The number of nitrogens with zero attached hydrogens (tertiary/aromatic N) is 1. The Labute approximate surface area is 134 Å². The second-order valence-electron chi connectivity index (χ2n) is 5.08. The van der Waals surface area contributed by atoms with Gasteiger partial charge in [-0.15, -0.1) is 0 Å². The molecule has 0 aromatic heterocycles. The first-order valence-corrected chi connectivity index (χ1v) is 9.21. The zero-order chi connectivity index (χ0) is 17.5. The molecule has 2 heterocycles. The Hall–Kier alpha value is -1.34. The summed E-state index contributed by atoms with van der Waals surface area (Å²) in [5, 5.41) is 18.1. The second-order valence-corrected chi connectivity index (χ2v) is 7.72. The average Bonchev–Trinajstić information content (AvgIpc) is 2.72. The number of carbonyl (C=O) groups excluding carboxylic acids is 1. The fraction of sp³-hybridized carbons (Fsp3) is 0.636. The van der Waals surface area contributed by atoms with Gasteiger partial charge in [0.05, 0.1) is 41.2 Å². The topological polar surface area (TPSA) is 159 Å². The van der Waals surface area contributed by atoms with Gasteiger partial charge in [0.2, 0.25) is 5.91 Å². The van der Waals surface area contributed by atoms with Crippen LogP contribution < -0.4 is 0 Å². The van der Waals surface area contributed by atoms with E-state index in [-0.39, 0.29) is 17.1 Å². The summed E-state index contributed by atoms with van der Waals surface area (Å²) in [6, 6.07) is -0.706. The van der Waals surface area contributed by atoms with Crippen LogP contribution in [0.2, 0.25) is 0 Å². The Morgan fingerprint density at radius 1 is 1.52 bits per heavy atom. The molecule has 0 aromatic carbocycles. The molecule has 3 N–H and O–H groups in total. The number of carbonyl (C=O) groups is 2. The number of amides is 1. The summed E-state index contributed by atoms with van der Waals surface area (Å²) in [5.74, 6) is -3.25. The predicted octanol–water partition coefficient (Wildman–Crippen LogP) is -1.54. The number of aliphatic hydroxyl groups excluding tert-OH is 1. The minimum atomic E-state index is -4.76. The lowest BCUT2D eigenvalue weighted by Crippen LogP contribution is -2.62. The highest BCUT2D eigenvalue weighted by atomic mass is 32.3. The highest BCUT2D eigenvalue weighted by Crippen LogP contribution is 2.45. The van der Waals surface area contributed by atoms with Gasteiger partial charge in [0.1, 0.15) is 5.70 Å². The number of hydrogen-bond acceptors (Lipinski definition) is 7. The first-order chi connectivity index (χ1) is 10.6. The lowest BCUT2D eigenvalue weighted by Gasteiger charge is -2.45. The molecule has 0 radical (unpaired) electrons. The van der Waals surface area contributed by atoms with Gasteiger partial charge in [-0.25, -0.2) is 8.98 Å². The molecular weight excluding hydrogens is 354 g/mol. The normalized spacial score (nSPS) is 26.7. The molecule has 0 saturated carbocycles. The zero-order valence-electron chi connectivity index (χ0n) is 11.9. The van der Waals surface area contributed by atoms with Crippen molar-refractivity contribution in [2.24, 2.45) is 5.92 Å². The van der Waals surface area contributed by atoms with Crippen molar-refractivity contribution in [3.8, 4) is 0 Å². The lowest BCUT2D eigenvalue weighted by atomic mass is 9.83. The molecule has 4 atom stereocenters. The first-order valence-electron chi connectivity index (χ1n) is 6.53. The van der Waals surface area contributed by atoms with Gasteiger partial charge < -0.3 is 15.1 Å². The summed E-state index contributed by atoms with van der Waals surface area (Å²) in [6.07, 6.45) is -1.22. The van der Waals surface area contributed by atoms with Gasteiger partial charge in [-0.1, -0.05) is 0 Å². The summed E-state index contributed by atoms with van der Waals surface area (Å²) in [5.41, 5.74) is -0.401. The molecule has 1 fully saturated rings. The van der Waals surface area contributed by atoms with E-state index in [1.165, 1.54) is 6.92 Å². The zero-order valence-corrected chi connectivity index (χ0v) is 13.5. The van der Waals surface area contributed by atoms with Crippen molar-refractivity contribution in [2.75, 3.05) is 12.4 Å². The standard InChI is InChI=1S/C11H15NO9S2/c1-5(21-23(18,19)20)8-6-4-7(22(17)3-2-13)9(11(15)16)12(6)10(8)14/h5-6,8,13H,2-4H2,1H3,(H,15,16)(H,18,19,20). The molecular formula is C11H15NO9S2. The molecule has 12 heteroatoms. The van der Waals surface area contributed by atoms with Gasteiger partial charge in [-0.2, -0.15) is 8.42 Å². The van der Waals surface area contributed by atoms with Crippen molar-refractivity contribution in [3.05, 3.63) is 10.6 Å². The molecule has 2 aliphatic heterocycles. The molecule has 2 rings (SSSR count). The first kappa shape index (κ1) is 18.0. The van der Waals surface area contributed by atoms with E-state index in [9.17, 15) is 27.3 Å². The average molecular weight is 369 g/mol. The third-order valence-corrected chi connectivity index (χ3v) is 5.71. The van der Waals surface area contributed by atoms with Crippen molar-refractivity contribution in [1.29, 1.82) is 0 Å². The van der Waals surface area contributed by atoms with Crippen LogP contribution in [0.1, 0.15) is 13.3 Å². The van der Waals surface area contributed by atoms with Gasteiger partial charge in [0.15, 0.2) is 0 Å². The van der Waals surface area contributed by atoms with Crippen molar-refractivity contribution in [1.82, 2.24) is 4.90 Å². The Morgan fingerprint density at radius 2 is 2.13 bits per heavy atom. The highest BCUT2D eigenvalue weighted by Gasteiger charge is 2.58. The van der Waals surface area contributed by atoms with E-state index in [1.54, 1.807) is 0 Å². The number of carboxylic acid groups (broad SMARTS) is 1. The summed E-state index contributed by atoms with van der Waals surface area (Å²) in [6.45, 7) is 0.851. The van der Waals surface area contributed by atoms with Crippen molar-refractivity contribution < 1.29 is 41.2 Å². The third kappa shape index (κ3) is 3.30.